The van der Waals surface area contributed by atoms with Crippen LogP contribution in [0.3, 0.4) is 0 Å². The number of nitrogens with two attached hydrogens (primary N) is 1. The number of halogens is 1. The van der Waals surface area contributed by atoms with Gasteiger partial charge in [-0.2, -0.15) is 5.26 Å². The van der Waals surface area contributed by atoms with Crippen LogP contribution >= 0.6 is 11.6 Å². The van der Waals surface area contributed by atoms with E-state index in [-0.39, 0.29) is 5.78 Å². The molecule has 0 amide bonds. The minimum atomic E-state index is -0.447. The van der Waals surface area contributed by atoms with Gasteiger partial charge in [0.2, 0.25) is 0 Å². The van der Waals surface area contributed by atoms with Gasteiger partial charge in [-0.15, -0.1) is 0 Å². The average molecular weight is 419 g/mol. The van der Waals surface area contributed by atoms with Crippen LogP contribution in [-0.2, 0) is 4.79 Å². The van der Waals surface area contributed by atoms with E-state index in [1.54, 1.807) is 12.1 Å². The molecule has 6 heteroatoms. The lowest BCUT2D eigenvalue weighted by Gasteiger charge is -2.39. The molecule has 1 heterocycles. The Balaban J connectivity index is 1.91. The molecule has 0 radical (unpaired) electrons. The van der Waals surface area contributed by atoms with E-state index < -0.39 is 5.92 Å². The number of ketones is 1. The van der Waals surface area contributed by atoms with E-state index in [4.69, 9.17) is 17.3 Å². The number of carbonyl (C=O) groups is 1. The van der Waals surface area contributed by atoms with Gasteiger partial charge in [-0.25, -0.2) is 0 Å². The Morgan fingerprint density at radius 3 is 2.37 bits per heavy atom. The second-order valence-corrected chi connectivity index (χ2v) is 8.22. The number of rotatable bonds is 3. The van der Waals surface area contributed by atoms with Crippen LogP contribution in [0.2, 0.25) is 5.02 Å². The van der Waals surface area contributed by atoms with Crippen molar-refractivity contribution in [2.45, 2.75) is 25.2 Å². The normalized spacial score (nSPS) is 18.9. The number of hydrogen-bond acceptors (Lipinski definition) is 5. The summed E-state index contributed by atoms with van der Waals surface area (Å²) in [6, 6.07) is 17.5. The number of allylic oxidation sites excluding steroid dienone is 3. The van der Waals surface area contributed by atoms with Crippen LogP contribution in [0.4, 0.5) is 11.4 Å². The average Bonchev–Trinajstić information content (AvgIpc) is 2.74. The van der Waals surface area contributed by atoms with E-state index in [0.717, 1.165) is 35.5 Å². The first-order valence-electron chi connectivity index (χ1n) is 9.91. The first-order valence-corrected chi connectivity index (χ1v) is 10.3. The van der Waals surface area contributed by atoms with E-state index in [0.29, 0.717) is 28.4 Å². The summed E-state index contributed by atoms with van der Waals surface area (Å²) in [5.74, 6) is 0.00432. The fourth-order valence-electron chi connectivity index (χ4n) is 4.27. The summed E-state index contributed by atoms with van der Waals surface area (Å²) < 4.78 is 0. The zero-order valence-electron chi connectivity index (χ0n) is 17.0. The molecule has 0 saturated carbocycles. The number of Topliss-reactive ketones (excluding diaryl/α,β-unsaturated/α-hetero) is 1. The zero-order valence-corrected chi connectivity index (χ0v) is 17.8. The fourth-order valence-corrected chi connectivity index (χ4v) is 4.40. The largest absolute Gasteiger partial charge is 0.384 e. The standard InChI is InChI=1S/C24H23ClN4O/c1-28(2)17-10-6-15(7-11-17)22-19(14-26)24(27)29(18-12-8-16(25)9-13-18)20-4-3-5-21(30)23(20)22/h6-13,22H,3-5,27H2,1-2H3/t22-/m0/s1. The van der Waals surface area contributed by atoms with Crippen molar-refractivity contribution in [3.8, 4) is 6.07 Å². The molecule has 1 aliphatic heterocycles. The van der Waals surface area contributed by atoms with Gasteiger partial charge >= 0.3 is 0 Å². The van der Waals surface area contributed by atoms with Crippen LogP contribution in [0.15, 0.2) is 71.2 Å². The lowest BCUT2D eigenvalue weighted by Crippen LogP contribution is -2.38. The first-order chi connectivity index (χ1) is 14.4. The SMILES string of the molecule is CN(C)c1ccc([C@H]2C(C#N)=C(N)N(c3ccc(Cl)cc3)C3=C2C(=O)CCC3)cc1. The molecule has 30 heavy (non-hydrogen) atoms. The van der Waals surface area contributed by atoms with Gasteiger partial charge in [-0.05, 0) is 54.8 Å². The Hall–Kier alpha value is -3.23. The van der Waals surface area contributed by atoms with Gasteiger partial charge in [0, 0.05) is 48.2 Å². The van der Waals surface area contributed by atoms with Crippen molar-refractivity contribution < 1.29 is 4.79 Å². The van der Waals surface area contributed by atoms with Gasteiger partial charge in [0.15, 0.2) is 5.78 Å². The van der Waals surface area contributed by atoms with Crippen LogP contribution in [0.1, 0.15) is 30.7 Å². The maximum atomic E-state index is 13.1. The third kappa shape index (κ3) is 3.34. The maximum absolute atomic E-state index is 13.1. The summed E-state index contributed by atoms with van der Waals surface area (Å²) in [4.78, 5) is 17.0. The summed E-state index contributed by atoms with van der Waals surface area (Å²) in [6.07, 6.45) is 1.98. The van der Waals surface area contributed by atoms with Crippen molar-refractivity contribution >= 4 is 28.8 Å². The molecule has 2 N–H and O–H groups in total. The molecule has 0 spiro atoms. The van der Waals surface area contributed by atoms with Crippen molar-refractivity contribution in [1.82, 2.24) is 0 Å². The highest BCUT2D eigenvalue weighted by atomic mass is 35.5. The van der Waals surface area contributed by atoms with Crippen molar-refractivity contribution in [2.75, 3.05) is 23.9 Å². The molecule has 0 bridgehead atoms. The predicted octanol–water partition coefficient (Wildman–Crippen LogP) is 4.71. The molecular formula is C24H23ClN4O. The highest BCUT2D eigenvalue weighted by Crippen LogP contribution is 2.46. The molecule has 0 fully saturated rings. The molecule has 2 aromatic carbocycles. The summed E-state index contributed by atoms with van der Waals surface area (Å²) in [5, 5.41) is 10.7. The minimum absolute atomic E-state index is 0.0807. The molecule has 152 valence electrons. The zero-order chi connectivity index (χ0) is 21.4. The Bertz CT molecular complexity index is 1090. The smallest absolute Gasteiger partial charge is 0.161 e. The predicted molar refractivity (Wildman–Crippen MR) is 120 cm³/mol. The molecule has 0 unspecified atom stereocenters. The van der Waals surface area contributed by atoms with Gasteiger partial charge in [-0.1, -0.05) is 23.7 Å². The van der Waals surface area contributed by atoms with E-state index in [2.05, 4.69) is 6.07 Å². The van der Waals surface area contributed by atoms with Crippen LogP contribution in [0, 0.1) is 11.3 Å². The van der Waals surface area contributed by atoms with Gasteiger partial charge < -0.3 is 10.6 Å². The number of carbonyl (C=O) groups excluding carboxylic acids is 1. The van der Waals surface area contributed by atoms with Crippen LogP contribution in [-0.4, -0.2) is 19.9 Å². The molecule has 2 aliphatic rings. The summed E-state index contributed by atoms with van der Waals surface area (Å²) in [7, 11) is 3.95. The molecule has 0 saturated heterocycles. The maximum Gasteiger partial charge on any atom is 0.161 e. The second-order valence-electron chi connectivity index (χ2n) is 7.78. The van der Waals surface area contributed by atoms with E-state index in [9.17, 15) is 10.1 Å². The third-order valence-corrected chi connectivity index (χ3v) is 5.99. The van der Waals surface area contributed by atoms with E-state index in [1.165, 1.54) is 0 Å². The van der Waals surface area contributed by atoms with Crippen molar-refractivity contribution in [1.29, 1.82) is 5.26 Å². The fraction of sp³-hybridized carbons (Fsp3) is 0.250. The van der Waals surface area contributed by atoms with E-state index >= 15 is 0 Å². The van der Waals surface area contributed by atoms with Gasteiger partial charge in [0.25, 0.3) is 0 Å². The molecule has 0 aromatic heterocycles. The second kappa shape index (κ2) is 7.89. The van der Waals surface area contributed by atoms with Crippen molar-refractivity contribution in [3.63, 3.8) is 0 Å². The molecule has 1 atom stereocenters. The van der Waals surface area contributed by atoms with Crippen molar-refractivity contribution in [3.05, 3.63) is 81.8 Å². The molecule has 4 rings (SSSR count). The van der Waals surface area contributed by atoms with Crippen LogP contribution in [0.5, 0.6) is 0 Å². The highest BCUT2D eigenvalue weighted by Gasteiger charge is 2.40. The van der Waals surface area contributed by atoms with Gasteiger partial charge in [-0.3, -0.25) is 9.69 Å². The molecule has 2 aromatic rings. The number of anilines is 2. The van der Waals surface area contributed by atoms with E-state index in [1.807, 2.05) is 60.3 Å². The molecule has 5 nitrogen and oxygen atoms in total. The van der Waals surface area contributed by atoms with Crippen LogP contribution < -0.4 is 15.5 Å². The topological polar surface area (TPSA) is 73.4 Å². The Labute approximate surface area is 181 Å². The summed E-state index contributed by atoms with van der Waals surface area (Å²) in [5.41, 5.74) is 11.3. The Morgan fingerprint density at radius 2 is 1.77 bits per heavy atom. The Kier molecular flexibility index (Phi) is 5.27. The molecular weight excluding hydrogens is 396 g/mol. The number of nitrogens with zero attached hydrogens (tertiary/aromatic N) is 3. The third-order valence-electron chi connectivity index (χ3n) is 5.74. The van der Waals surface area contributed by atoms with Gasteiger partial charge in [0.05, 0.1) is 17.6 Å². The summed E-state index contributed by atoms with van der Waals surface area (Å²) >= 11 is 6.06. The lowest BCUT2D eigenvalue weighted by atomic mass is 9.75. The summed E-state index contributed by atoms with van der Waals surface area (Å²) in [6.45, 7) is 0. The number of hydrogen-bond donors (Lipinski definition) is 1. The Morgan fingerprint density at radius 1 is 1.10 bits per heavy atom. The van der Waals surface area contributed by atoms with Crippen LogP contribution in [0.25, 0.3) is 0 Å². The minimum Gasteiger partial charge on any atom is -0.384 e. The highest BCUT2D eigenvalue weighted by molar-refractivity contribution is 6.30. The lowest BCUT2D eigenvalue weighted by molar-refractivity contribution is -0.116. The quantitative estimate of drug-likeness (QED) is 0.781. The monoisotopic (exact) mass is 418 g/mol. The molecule has 1 aliphatic carbocycles. The van der Waals surface area contributed by atoms with Gasteiger partial charge in [0.1, 0.15) is 5.82 Å². The number of benzene rings is 2. The first kappa shape index (κ1) is 20.1. The van der Waals surface area contributed by atoms with Crippen molar-refractivity contribution in [2.24, 2.45) is 5.73 Å². The number of nitriles is 1.